The topological polar surface area (TPSA) is 85.2 Å². The maximum Gasteiger partial charge on any atom is 0.418 e. The lowest BCUT2D eigenvalue weighted by atomic mass is 9.97. The Balaban J connectivity index is 0.947. The van der Waals surface area contributed by atoms with Crippen molar-refractivity contribution in [1.82, 2.24) is 29.1 Å². The molecule has 0 fully saturated rings. The molecule has 10 aromatic carbocycles. The summed E-state index contributed by atoms with van der Waals surface area (Å²) in [6.07, 6.45) is -4.90. The van der Waals surface area contributed by atoms with Gasteiger partial charge in [0.2, 0.25) is 0 Å². The highest BCUT2D eigenvalue weighted by Crippen LogP contribution is 2.47. The van der Waals surface area contributed by atoms with Gasteiger partial charge in [0.05, 0.1) is 96.2 Å². The molecule has 10 heteroatoms. The van der Waals surface area contributed by atoms with E-state index in [1.165, 1.54) is 6.07 Å². The summed E-state index contributed by atoms with van der Waals surface area (Å²) in [6, 6.07) is 99.7. The fourth-order valence-electron chi connectivity index (χ4n) is 12.8. The van der Waals surface area contributed by atoms with Crippen molar-refractivity contribution in [3.8, 4) is 119 Å². The van der Waals surface area contributed by atoms with Gasteiger partial charge in [-0.1, -0.05) is 182 Å². The van der Waals surface area contributed by atoms with Crippen LogP contribution in [0.4, 0.5) is 13.2 Å². The van der Waals surface area contributed by atoms with Crippen LogP contribution in [-0.4, -0.2) is 29.1 Å². The summed E-state index contributed by atoms with van der Waals surface area (Å²) in [4.78, 5) is 20.5. The molecule has 6 aromatic heterocycles. The number of rotatable bonds is 11. The number of halogens is 3. The number of hydrogen-bond donors (Lipinski definition) is 0. The second-order valence-electron chi connectivity index (χ2n) is 22.8. The molecule has 0 aliphatic rings. The van der Waals surface area contributed by atoms with E-state index < -0.39 is 11.7 Å². The first-order valence-corrected chi connectivity index (χ1v) is 30.2. The Bertz CT molecular complexity index is 5300. The maximum atomic E-state index is 17.0. The minimum absolute atomic E-state index is 0.0911. The Morgan fingerprint density at radius 3 is 0.880 bits per heavy atom. The lowest BCUT2D eigenvalue weighted by Crippen LogP contribution is -2.13. The smallest absolute Gasteiger partial charge is 0.309 e. The minimum Gasteiger partial charge on any atom is -0.309 e. The molecule has 0 amide bonds. The van der Waals surface area contributed by atoms with Crippen molar-refractivity contribution in [2.24, 2.45) is 0 Å². The van der Waals surface area contributed by atoms with Crippen LogP contribution in [0.5, 0.6) is 0 Å². The minimum atomic E-state index is -4.90. The molecular formula is C82H50F3N7. The van der Waals surface area contributed by atoms with Crippen LogP contribution in [0.25, 0.3) is 156 Å². The van der Waals surface area contributed by atoms with Gasteiger partial charge < -0.3 is 9.13 Å². The molecule has 0 unspecified atom stereocenters. The summed E-state index contributed by atoms with van der Waals surface area (Å²) >= 11 is 0. The summed E-state index contributed by atoms with van der Waals surface area (Å²) in [5.41, 5.74) is 16.3. The monoisotopic (exact) mass is 1190 g/mol. The van der Waals surface area contributed by atoms with Gasteiger partial charge in [0.25, 0.3) is 0 Å². The summed E-state index contributed by atoms with van der Waals surface area (Å²) in [5.74, 6) is 0. The molecule has 0 N–H and O–H groups in total. The van der Waals surface area contributed by atoms with Crippen molar-refractivity contribution in [3.63, 3.8) is 0 Å². The van der Waals surface area contributed by atoms with Gasteiger partial charge in [0.15, 0.2) is 0 Å². The van der Waals surface area contributed by atoms with Crippen molar-refractivity contribution in [2.75, 3.05) is 0 Å². The molecule has 16 aromatic rings. The van der Waals surface area contributed by atoms with E-state index >= 15 is 13.2 Å². The van der Waals surface area contributed by atoms with Crippen LogP contribution in [0.2, 0.25) is 0 Å². The van der Waals surface area contributed by atoms with Gasteiger partial charge in [-0.05, 0) is 127 Å². The Morgan fingerprint density at radius 2 is 0.565 bits per heavy atom. The largest absolute Gasteiger partial charge is 0.418 e. The van der Waals surface area contributed by atoms with E-state index in [-0.39, 0.29) is 11.4 Å². The number of benzene rings is 10. The first-order chi connectivity index (χ1) is 45.2. The SMILES string of the molecule is N#Cc1cccc(-c2cc(-n3c4ccc(-c5cccc(-c6ccccc6)n5)cc4c4cc(-c5cccc(-c6ccccc6)n5)ccc43)c(C(F)(F)F)cc2-n2c3ccc(-c4cccc(-c5ccccc5)n4)cc3c3cc(-c4cccc(-c5ccccc5)n4)ccc32)c1. The number of nitriles is 1. The zero-order valence-electron chi connectivity index (χ0n) is 49.1. The molecule has 16 rings (SSSR count). The molecule has 0 aliphatic carbocycles. The summed E-state index contributed by atoms with van der Waals surface area (Å²) in [6.45, 7) is 0. The molecule has 0 bridgehead atoms. The van der Waals surface area contributed by atoms with E-state index in [1.807, 2.05) is 265 Å². The Labute approximate surface area is 527 Å². The first kappa shape index (κ1) is 55.0. The second kappa shape index (κ2) is 22.7. The Hall–Kier alpha value is -12.3. The van der Waals surface area contributed by atoms with Crippen LogP contribution in [0.15, 0.2) is 303 Å². The van der Waals surface area contributed by atoms with Crippen LogP contribution >= 0.6 is 0 Å². The zero-order valence-corrected chi connectivity index (χ0v) is 49.1. The normalized spacial score (nSPS) is 11.6. The van der Waals surface area contributed by atoms with Crippen molar-refractivity contribution < 1.29 is 13.2 Å². The average Bonchev–Trinajstić information content (AvgIpc) is 1.55. The molecule has 6 heterocycles. The molecule has 92 heavy (non-hydrogen) atoms. The lowest BCUT2D eigenvalue weighted by Gasteiger charge is -2.22. The van der Waals surface area contributed by atoms with Gasteiger partial charge in [-0.2, -0.15) is 18.4 Å². The quantitative estimate of drug-likeness (QED) is 0.129. The van der Waals surface area contributed by atoms with Gasteiger partial charge in [-0.25, -0.2) is 19.9 Å². The number of hydrogen-bond acceptors (Lipinski definition) is 5. The average molecular weight is 1190 g/mol. The number of fused-ring (bicyclic) bond motifs is 6. The summed E-state index contributed by atoms with van der Waals surface area (Å²) in [5, 5.41) is 13.5. The fourth-order valence-corrected chi connectivity index (χ4v) is 12.8. The maximum absolute atomic E-state index is 17.0. The van der Waals surface area contributed by atoms with E-state index in [4.69, 9.17) is 19.9 Å². The molecule has 434 valence electrons. The molecule has 0 atom stereocenters. The predicted octanol–water partition coefficient (Wildman–Crippen LogP) is 21.4. The summed E-state index contributed by atoms with van der Waals surface area (Å²) < 4.78 is 54.6. The van der Waals surface area contributed by atoms with Crippen molar-refractivity contribution >= 4 is 43.6 Å². The van der Waals surface area contributed by atoms with Gasteiger partial charge in [-0.3, -0.25) is 0 Å². The Kier molecular flexibility index (Phi) is 13.6. The van der Waals surface area contributed by atoms with Crippen molar-refractivity contribution in [1.29, 1.82) is 5.26 Å². The van der Waals surface area contributed by atoms with Gasteiger partial charge in [-0.15, -0.1) is 0 Å². The first-order valence-electron chi connectivity index (χ1n) is 30.2. The fraction of sp³-hybridized carbons (Fsp3) is 0.0122. The van der Waals surface area contributed by atoms with Crippen molar-refractivity contribution in [2.45, 2.75) is 6.18 Å². The highest BCUT2D eigenvalue weighted by atomic mass is 19.4. The molecule has 0 saturated carbocycles. The molecule has 0 aliphatic heterocycles. The molecule has 0 radical (unpaired) electrons. The van der Waals surface area contributed by atoms with E-state index in [1.54, 1.807) is 28.8 Å². The summed E-state index contributed by atoms with van der Waals surface area (Å²) in [7, 11) is 0. The third-order valence-electron chi connectivity index (χ3n) is 17.2. The second-order valence-corrected chi connectivity index (χ2v) is 22.8. The molecule has 7 nitrogen and oxygen atoms in total. The van der Waals surface area contributed by atoms with Gasteiger partial charge in [0, 0.05) is 71.6 Å². The van der Waals surface area contributed by atoms with Crippen LogP contribution in [0.1, 0.15) is 11.1 Å². The highest BCUT2D eigenvalue weighted by molar-refractivity contribution is 6.14. The Morgan fingerprint density at radius 1 is 0.272 bits per heavy atom. The predicted molar refractivity (Wildman–Crippen MR) is 365 cm³/mol. The van der Waals surface area contributed by atoms with Crippen LogP contribution in [0.3, 0.4) is 0 Å². The molecular weight excluding hydrogens is 1140 g/mol. The highest BCUT2D eigenvalue weighted by Gasteiger charge is 2.37. The molecule has 0 spiro atoms. The third-order valence-corrected chi connectivity index (χ3v) is 17.2. The lowest BCUT2D eigenvalue weighted by molar-refractivity contribution is -0.137. The van der Waals surface area contributed by atoms with Crippen LogP contribution in [-0.2, 0) is 6.18 Å². The van der Waals surface area contributed by atoms with Gasteiger partial charge >= 0.3 is 6.18 Å². The number of aromatic nitrogens is 6. The third kappa shape index (κ3) is 10.0. The zero-order chi connectivity index (χ0) is 61.9. The number of pyridine rings is 4. The molecule has 0 saturated heterocycles. The van der Waals surface area contributed by atoms with E-state index in [2.05, 4.69) is 18.2 Å². The van der Waals surface area contributed by atoms with E-state index in [0.717, 1.165) is 100 Å². The van der Waals surface area contributed by atoms with E-state index in [0.29, 0.717) is 50.1 Å². The van der Waals surface area contributed by atoms with Crippen LogP contribution < -0.4 is 0 Å². The van der Waals surface area contributed by atoms with E-state index in [9.17, 15) is 5.26 Å². The number of alkyl halides is 3. The standard InChI is InChI=1S/C82H50F3N7/c83-82(84,85)67-50-80(91-76-40-36-58(72-32-14-28-68(87-72)53-19-5-1-6-20-53)45-63(76)64-46-59(37-41-77(64)91)73-33-15-29-69(88-73)54-21-7-2-8-22-54)62(57-27-13-18-52(44-57)51-86)49-81(67)92-78-42-38-60(74-34-16-30-70(89-74)55-23-9-3-10-24-55)47-65(78)66-48-61(39-43-79(66)92)75-35-17-31-71(90-75)56-25-11-4-12-26-56/h1-50H. The van der Waals surface area contributed by atoms with Gasteiger partial charge in [0.1, 0.15) is 0 Å². The number of nitrogens with zero attached hydrogens (tertiary/aromatic N) is 7. The van der Waals surface area contributed by atoms with Crippen molar-refractivity contribution in [3.05, 3.63) is 314 Å². The van der Waals surface area contributed by atoms with Crippen LogP contribution in [0, 0.1) is 11.3 Å².